The first-order chi connectivity index (χ1) is 15.2. The van der Waals surface area contributed by atoms with Crippen LogP contribution in [0.5, 0.6) is 0 Å². The molecule has 1 N–H and O–H groups in total. The van der Waals surface area contributed by atoms with Crippen LogP contribution >= 0.6 is 23.4 Å². The van der Waals surface area contributed by atoms with Crippen LogP contribution in [0.15, 0.2) is 59.8 Å². The Bertz CT molecular complexity index is 1210. The van der Waals surface area contributed by atoms with Crippen molar-refractivity contribution in [3.05, 3.63) is 65.2 Å². The van der Waals surface area contributed by atoms with Gasteiger partial charge >= 0.3 is 0 Å². The van der Waals surface area contributed by atoms with Crippen LogP contribution in [-0.2, 0) is 21.2 Å². The molecular formula is C22H23ClN4O3S2. The van der Waals surface area contributed by atoms with Crippen LogP contribution in [-0.4, -0.2) is 51.9 Å². The van der Waals surface area contributed by atoms with Crippen molar-refractivity contribution in [3.8, 4) is 11.4 Å². The van der Waals surface area contributed by atoms with Crippen molar-refractivity contribution < 1.29 is 13.2 Å². The van der Waals surface area contributed by atoms with Gasteiger partial charge in [0.2, 0.25) is 5.91 Å². The number of carbonyl (C=O) groups excluding carboxylic acids is 1. The number of aromatic nitrogens is 3. The average molecular weight is 491 g/mol. The van der Waals surface area contributed by atoms with Crippen LogP contribution in [0.2, 0.25) is 5.02 Å². The Morgan fingerprint density at radius 3 is 2.53 bits per heavy atom. The lowest BCUT2D eigenvalue weighted by Gasteiger charge is -2.23. The molecule has 7 nitrogen and oxygen atoms in total. The number of hydrogen-bond acceptors (Lipinski definition) is 6. The molecule has 2 aromatic carbocycles. The van der Waals surface area contributed by atoms with E-state index in [9.17, 15) is 13.2 Å². The summed E-state index contributed by atoms with van der Waals surface area (Å²) in [5.74, 6) is 0.649. The second-order valence-electron chi connectivity index (χ2n) is 8.12. The summed E-state index contributed by atoms with van der Waals surface area (Å²) in [6.45, 7) is 2.32. The Balaban J connectivity index is 1.53. The minimum absolute atomic E-state index is 0.0265. The molecule has 1 aromatic heterocycles. The van der Waals surface area contributed by atoms with Gasteiger partial charge in [0, 0.05) is 10.6 Å². The molecule has 0 radical (unpaired) electrons. The smallest absolute Gasteiger partial charge is 0.230 e. The van der Waals surface area contributed by atoms with Crippen molar-refractivity contribution in [2.24, 2.45) is 0 Å². The molecule has 4 rings (SSSR count). The zero-order valence-corrected chi connectivity index (χ0v) is 19.9. The third kappa shape index (κ3) is 5.51. The fourth-order valence-corrected chi connectivity index (χ4v) is 6.69. The van der Waals surface area contributed by atoms with E-state index in [4.69, 9.17) is 11.6 Å². The quantitative estimate of drug-likeness (QED) is 0.510. The molecule has 0 aliphatic carbocycles. The highest BCUT2D eigenvalue weighted by Gasteiger charge is 2.39. The summed E-state index contributed by atoms with van der Waals surface area (Å²) < 4.78 is 25.6. The fraction of sp³-hybridized carbons (Fsp3) is 0.318. The van der Waals surface area contributed by atoms with Crippen molar-refractivity contribution in [2.45, 2.75) is 30.6 Å². The third-order valence-electron chi connectivity index (χ3n) is 5.28. The van der Waals surface area contributed by atoms with Crippen LogP contribution < -0.4 is 5.32 Å². The van der Waals surface area contributed by atoms with E-state index in [2.05, 4.69) is 15.5 Å². The molecule has 0 saturated carbocycles. The van der Waals surface area contributed by atoms with Crippen molar-refractivity contribution in [1.29, 1.82) is 0 Å². The maximum atomic E-state index is 12.6. The van der Waals surface area contributed by atoms with Crippen molar-refractivity contribution in [3.63, 3.8) is 0 Å². The molecule has 0 bridgehead atoms. The number of carbonyl (C=O) groups is 1. The van der Waals surface area contributed by atoms with Crippen LogP contribution in [0.1, 0.15) is 18.9 Å². The number of benzene rings is 2. The number of nitrogens with zero attached hydrogens (tertiary/aromatic N) is 3. The highest BCUT2D eigenvalue weighted by molar-refractivity contribution is 7.99. The van der Waals surface area contributed by atoms with Crippen LogP contribution in [0.25, 0.3) is 11.4 Å². The second-order valence-corrected chi connectivity index (χ2v) is 11.7. The molecule has 1 amide bonds. The van der Waals surface area contributed by atoms with Gasteiger partial charge < -0.3 is 5.32 Å². The average Bonchev–Trinajstić information content (AvgIpc) is 3.27. The van der Waals surface area contributed by atoms with Crippen LogP contribution in [0.3, 0.4) is 0 Å². The molecular weight excluding hydrogens is 468 g/mol. The molecule has 1 fully saturated rings. The van der Waals surface area contributed by atoms with Crippen molar-refractivity contribution in [2.75, 3.05) is 17.3 Å². The van der Waals surface area contributed by atoms with E-state index in [0.29, 0.717) is 29.0 Å². The molecule has 32 heavy (non-hydrogen) atoms. The molecule has 1 unspecified atom stereocenters. The number of nitrogens with one attached hydrogen (secondary N) is 1. The second kappa shape index (κ2) is 9.25. The van der Waals surface area contributed by atoms with Gasteiger partial charge in [-0.15, -0.1) is 10.2 Å². The SMILES string of the molecule is CC1(NC(=O)CSc2nnc(-c3ccc(Cl)cc3)n2Cc2ccccc2)CCS(=O)(=O)C1. The van der Waals surface area contributed by atoms with Crippen LogP contribution in [0, 0.1) is 0 Å². The first-order valence-corrected chi connectivity index (χ1v) is 13.3. The Morgan fingerprint density at radius 2 is 1.88 bits per heavy atom. The van der Waals surface area contributed by atoms with Gasteiger partial charge in [-0.1, -0.05) is 53.7 Å². The summed E-state index contributed by atoms with van der Waals surface area (Å²) in [4.78, 5) is 12.6. The number of thioether (sulfide) groups is 1. The molecule has 168 valence electrons. The topological polar surface area (TPSA) is 93.9 Å². The Hall–Kier alpha value is -2.36. The zero-order chi connectivity index (χ0) is 22.8. The molecule has 0 spiro atoms. The van der Waals surface area contributed by atoms with Gasteiger partial charge in [0.25, 0.3) is 0 Å². The van der Waals surface area contributed by atoms with Gasteiger partial charge in [0.1, 0.15) is 0 Å². The van der Waals surface area contributed by atoms with E-state index in [0.717, 1.165) is 11.1 Å². The molecule has 10 heteroatoms. The minimum atomic E-state index is -3.10. The van der Waals surface area contributed by atoms with Gasteiger partial charge in [-0.25, -0.2) is 8.42 Å². The van der Waals surface area contributed by atoms with Gasteiger partial charge in [-0.3, -0.25) is 9.36 Å². The highest BCUT2D eigenvalue weighted by atomic mass is 35.5. The van der Waals surface area contributed by atoms with Crippen molar-refractivity contribution >= 4 is 39.1 Å². The lowest BCUT2D eigenvalue weighted by Crippen LogP contribution is -2.47. The number of rotatable bonds is 7. The van der Waals surface area contributed by atoms with Gasteiger partial charge in [-0.05, 0) is 43.2 Å². The van der Waals surface area contributed by atoms with Crippen molar-refractivity contribution in [1.82, 2.24) is 20.1 Å². The number of sulfone groups is 1. The maximum absolute atomic E-state index is 12.6. The van der Waals surface area contributed by atoms with E-state index < -0.39 is 15.4 Å². The summed E-state index contributed by atoms with van der Waals surface area (Å²) in [5.41, 5.74) is 1.23. The molecule has 1 atom stereocenters. The van der Waals surface area contributed by atoms with Gasteiger partial charge in [0.15, 0.2) is 20.8 Å². The predicted molar refractivity (Wildman–Crippen MR) is 127 cm³/mol. The van der Waals surface area contributed by atoms with E-state index in [-0.39, 0.29) is 23.2 Å². The Kier molecular flexibility index (Phi) is 6.60. The van der Waals surface area contributed by atoms with E-state index in [1.54, 1.807) is 19.1 Å². The summed E-state index contributed by atoms with van der Waals surface area (Å²) in [5, 5.41) is 12.8. The van der Waals surface area contributed by atoms with Gasteiger partial charge in [-0.2, -0.15) is 0 Å². The molecule has 3 aromatic rings. The molecule has 1 saturated heterocycles. The highest BCUT2D eigenvalue weighted by Crippen LogP contribution is 2.27. The van der Waals surface area contributed by atoms with E-state index >= 15 is 0 Å². The van der Waals surface area contributed by atoms with E-state index in [1.807, 2.05) is 47.0 Å². The fourth-order valence-electron chi connectivity index (χ4n) is 3.73. The first kappa shape index (κ1) is 22.8. The monoisotopic (exact) mass is 490 g/mol. The number of halogens is 1. The lowest BCUT2D eigenvalue weighted by atomic mass is 10.0. The lowest BCUT2D eigenvalue weighted by molar-refractivity contribution is -0.120. The number of amides is 1. The summed E-state index contributed by atoms with van der Waals surface area (Å²) >= 11 is 7.30. The summed E-state index contributed by atoms with van der Waals surface area (Å²) in [7, 11) is -3.10. The van der Waals surface area contributed by atoms with E-state index in [1.165, 1.54) is 11.8 Å². The third-order valence-corrected chi connectivity index (χ3v) is 8.40. The molecule has 2 heterocycles. The standard InChI is InChI=1S/C22H23ClN4O3S2/c1-22(11-12-32(29,30)15-22)24-19(28)14-31-21-26-25-20(17-7-9-18(23)10-8-17)27(21)13-16-5-3-2-4-6-16/h2-10H,11-15H2,1H3,(H,24,28). The zero-order valence-electron chi connectivity index (χ0n) is 17.5. The van der Waals surface area contributed by atoms with Crippen LogP contribution in [0.4, 0.5) is 0 Å². The summed E-state index contributed by atoms with van der Waals surface area (Å²) in [6, 6.07) is 17.3. The normalized spacial score (nSPS) is 19.7. The molecule has 1 aliphatic rings. The maximum Gasteiger partial charge on any atom is 0.230 e. The predicted octanol–water partition coefficient (Wildman–Crippen LogP) is 3.43. The first-order valence-electron chi connectivity index (χ1n) is 10.1. The Morgan fingerprint density at radius 1 is 1.16 bits per heavy atom. The van der Waals surface area contributed by atoms with Gasteiger partial charge in [0.05, 0.1) is 29.3 Å². The Labute approximate surface area is 196 Å². The minimum Gasteiger partial charge on any atom is -0.349 e. The number of hydrogen-bond donors (Lipinski definition) is 1. The molecule has 1 aliphatic heterocycles. The largest absolute Gasteiger partial charge is 0.349 e. The summed E-state index contributed by atoms with van der Waals surface area (Å²) in [6.07, 6.45) is 0.427.